The van der Waals surface area contributed by atoms with E-state index in [1.54, 1.807) is 29.3 Å². The van der Waals surface area contributed by atoms with Gasteiger partial charge < -0.3 is 9.64 Å². The second kappa shape index (κ2) is 7.40. The molecular weight excluding hydrogens is 384 g/mol. The summed E-state index contributed by atoms with van der Waals surface area (Å²) in [5.74, 6) is 1.08. The van der Waals surface area contributed by atoms with Gasteiger partial charge in [-0.2, -0.15) is 5.10 Å². The molecule has 2 aliphatic heterocycles. The lowest BCUT2D eigenvalue weighted by Gasteiger charge is -2.30. The number of ether oxygens (including phenoxy) is 1. The van der Waals surface area contributed by atoms with Gasteiger partial charge in [0.15, 0.2) is 5.65 Å². The van der Waals surface area contributed by atoms with Crippen LogP contribution in [0.5, 0.6) is 0 Å². The first kappa shape index (κ1) is 18.5. The van der Waals surface area contributed by atoms with Crippen LogP contribution in [0.1, 0.15) is 30.1 Å². The van der Waals surface area contributed by atoms with E-state index >= 15 is 0 Å². The van der Waals surface area contributed by atoms with Crippen LogP contribution >= 0.6 is 0 Å². The fraction of sp³-hybridized carbons (Fsp3) is 0.381. The summed E-state index contributed by atoms with van der Waals surface area (Å²) in [5, 5.41) is 5.21. The number of hydrogen-bond acceptors (Lipinski definition) is 6. The second-order valence-electron chi connectivity index (χ2n) is 7.83. The van der Waals surface area contributed by atoms with Crippen molar-refractivity contribution in [3.63, 3.8) is 0 Å². The van der Waals surface area contributed by atoms with Crippen LogP contribution in [0.25, 0.3) is 16.7 Å². The number of pyridine rings is 2. The molecule has 0 unspecified atom stereocenters. The minimum Gasteiger partial charge on any atom is -0.447 e. The maximum Gasteiger partial charge on any atom is 0.415 e. The number of rotatable bonds is 3. The molecule has 154 valence electrons. The molecule has 9 nitrogen and oxygen atoms in total. The Kier molecular flexibility index (Phi) is 4.57. The highest BCUT2D eigenvalue weighted by molar-refractivity contribution is 5.97. The molecule has 2 fully saturated rings. The van der Waals surface area contributed by atoms with E-state index in [-0.39, 0.29) is 12.0 Å². The first-order valence-electron chi connectivity index (χ1n) is 10.1. The first-order chi connectivity index (χ1) is 14.6. The van der Waals surface area contributed by atoms with Crippen LogP contribution in [-0.4, -0.2) is 62.9 Å². The third-order valence-electron chi connectivity index (χ3n) is 5.61. The van der Waals surface area contributed by atoms with E-state index in [2.05, 4.69) is 22.0 Å². The Morgan fingerprint density at radius 1 is 1.17 bits per heavy atom. The number of nitrogens with zero attached hydrogens (tertiary/aromatic N) is 6. The van der Waals surface area contributed by atoms with Gasteiger partial charge in [0.05, 0.1) is 30.2 Å². The molecule has 0 aliphatic carbocycles. The highest BCUT2D eigenvalue weighted by atomic mass is 16.6. The SMILES string of the molecule is C[C@H]1CCCN(C(=O)c2cnc3c(cnn3-c3ccc(N4CCOC4=O)nc3)c2)C1. The van der Waals surface area contributed by atoms with Crippen molar-refractivity contribution in [2.75, 3.05) is 31.1 Å². The summed E-state index contributed by atoms with van der Waals surface area (Å²) < 4.78 is 6.62. The Morgan fingerprint density at radius 2 is 2.07 bits per heavy atom. The summed E-state index contributed by atoms with van der Waals surface area (Å²) in [7, 11) is 0. The number of fused-ring (bicyclic) bond motifs is 1. The van der Waals surface area contributed by atoms with Crippen molar-refractivity contribution in [2.45, 2.75) is 19.8 Å². The predicted molar refractivity (Wildman–Crippen MR) is 110 cm³/mol. The standard InChI is InChI=1S/C21H22N6O3/c1-14-3-2-6-25(13-14)20(28)16-9-15-11-24-27(19(15)23-10-16)17-4-5-18(22-12-17)26-7-8-30-21(26)29/h4-5,9-12,14H,2-3,6-8,13H2,1H3/t14-/m0/s1. The summed E-state index contributed by atoms with van der Waals surface area (Å²) in [6.07, 6.45) is 6.77. The highest BCUT2D eigenvalue weighted by Crippen LogP contribution is 2.22. The molecule has 0 radical (unpaired) electrons. The van der Waals surface area contributed by atoms with Gasteiger partial charge in [-0.1, -0.05) is 6.92 Å². The topological polar surface area (TPSA) is 93.5 Å². The fourth-order valence-electron chi connectivity index (χ4n) is 4.05. The molecule has 0 saturated carbocycles. The molecule has 0 aromatic carbocycles. The summed E-state index contributed by atoms with van der Waals surface area (Å²) in [6.45, 7) is 4.62. The zero-order valence-electron chi connectivity index (χ0n) is 16.7. The number of cyclic esters (lactones) is 1. The van der Waals surface area contributed by atoms with Crippen LogP contribution in [0.15, 0.2) is 36.8 Å². The molecule has 3 aromatic rings. The van der Waals surface area contributed by atoms with Crippen LogP contribution in [0.3, 0.4) is 0 Å². The van der Waals surface area contributed by atoms with Crippen LogP contribution in [0.2, 0.25) is 0 Å². The summed E-state index contributed by atoms with van der Waals surface area (Å²) >= 11 is 0. The number of carbonyl (C=O) groups is 2. The van der Waals surface area contributed by atoms with Gasteiger partial charge in [-0.05, 0) is 37.0 Å². The Labute approximate surface area is 173 Å². The summed E-state index contributed by atoms with van der Waals surface area (Å²) in [4.78, 5) is 36.8. The number of anilines is 1. The summed E-state index contributed by atoms with van der Waals surface area (Å²) in [6, 6.07) is 5.43. The van der Waals surface area contributed by atoms with Crippen molar-refractivity contribution in [2.24, 2.45) is 5.92 Å². The maximum atomic E-state index is 12.9. The van der Waals surface area contributed by atoms with Crippen LogP contribution < -0.4 is 4.90 Å². The highest BCUT2D eigenvalue weighted by Gasteiger charge is 2.25. The van der Waals surface area contributed by atoms with Crippen LogP contribution in [-0.2, 0) is 4.74 Å². The van der Waals surface area contributed by atoms with Crippen molar-refractivity contribution in [1.82, 2.24) is 24.6 Å². The molecule has 30 heavy (non-hydrogen) atoms. The lowest BCUT2D eigenvalue weighted by Crippen LogP contribution is -2.39. The Hall–Kier alpha value is -3.49. The molecule has 2 amide bonds. The molecule has 5 heterocycles. The molecule has 1 atom stereocenters. The van der Waals surface area contributed by atoms with Crippen molar-refractivity contribution >= 4 is 28.9 Å². The number of aromatic nitrogens is 4. The van der Waals surface area contributed by atoms with E-state index in [0.717, 1.165) is 30.6 Å². The van der Waals surface area contributed by atoms with Crippen LogP contribution in [0, 0.1) is 5.92 Å². The molecular formula is C21H22N6O3. The lowest BCUT2D eigenvalue weighted by atomic mass is 10.00. The van der Waals surface area contributed by atoms with E-state index in [4.69, 9.17) is 4.74 Å². The van der Waals surface area contributed by atoms with Gasteiger partial charge in [0.2, 0.25) is 0 Å². The van der Waals surface area contributed by atoms with Crippen molar-refractivity contribution in [3.05, 3.63) is 42.4 Å². The minimum absolute atomic E-state index is 0.0206. The normalized spacial score (nSPS) is 19.4. The smallest absolute Gasteiger partial charge is 0.415 e. The number of piperidine rings is 1. The molecule has 0 bridgehead atoms. The van der Waals surface area contributed by atoms with E-state index in [9.17, 15) is 9.59 Å². The first-order valence-corrected chi connectivity index (χ1v) is 10.1. The predicted octanol–water partition coefficient (Wildman–Crippen LogP) is 2.64. The molecule has 9 heteroatoms. The fourth-order valence-corrected chi connectivity index (χ4v) is 4.05. The molecule has 2 saturated heterocycles. The Balaban J connectivity index is 1.40. The van der Waals surface area contributed by atoms with E-state index in [1.807, 2.05) is 17.0 Å². The molecule has 0 spiro atoms. The minimum atomic E-state index is -0.387. The van der Waals surface area contributed by atoms with E-state index in [1.165, 1.54) is 11.3 Å². The second-order valence-corrected chi connectivity index (χ2v) is 7.83. The summed E-state index contributed by atoms with van der Waals surface area (Å²) in [5.41, 5.74) is 1.95. The molecule has 0 N–H and O–H groups in total. The van der Waals surface area contributed by atoms with Gasteiger partial charge in [-0.25, -0.2) is 19.4 Å². The Bertz CT molecular complexity index is 1110. The average Bonchev–Trinajstić information content (AvgIpc) is 3.39. The molecule has 5 rings (SSSR count). The third-order valence-corrected chi connectivity index (χ3v) is 5.61. The van der Waals surface area contributed by atoms with Gasteiger partial charge in [-0.3, -0.25) is 9.69 Å². The number of hydrogen-bond donors (Lipinski definition) is 0. The van der Waals surface area contributed by atoms with Crippen molar-refractivity contribution < 1.29 is 14.3 Å². The van der Waals surface area contributed by atoms with E-state index < -0.39 is 0 Å². The van der Waals surface area contributed by atoms with Crippen molar-refractivity contribution in [1.29, 1.82) is 0 Å². The number of likely N-dealkylation sites (tertiary alicyclic amines) is 1. The monoisotopic (exact) mass is 406 g/mol. The largest absolute Gasteiger partial charge is 0.447 e. The molecule has 2 aliphatic rings. The average molecular weight is 406 g/mol. The number of amides is 2. The number of carbonyl (C=O) groups excluding carboxylic acids is 2. The Morgan fingerprint density at radius 3 is 2.80 bits per heavy atom. The lowest BCUT2D eigenvalue weighted by molar-refractivity contribution is 0.0683. The van der Waals surface area contributed by atoms with Crippen LogP contribution in [0.4, 0.5) is 10.6 Å². The zero-order valence-corrected chi connectivity index (χ0v) is 16.7. The van der Waals surface area contributed by atoms with Gasteiger partial charge in [0, 0.05) is 24.7 Å². The van der Waals surface area contributed by atoms with E-state index in [0.29, 0.717) is 36.1 Å². The quantitative estimate of drug-likeness (QED) is 0.664. The van der Waals surface area contributed by atoms with Gasteiger partial charge in [0.1, 0.15) is 12.4 Å². The molecule has 3 aromatic heterocycles. The zero-order chi connectivity index (χ0) is 20.7. The van der Waals surface area contributed by atoms with Gasteiger partial charge in [-0.15, -0.1) is 0 Å². The van der Waals surface area contributed by atoms with Crippen molar-refractivity contribution in [3.8, 4) is 5.69 Å². The maximum absolute atomic E-state index is 12.9. The van der Waals surface area contributed by atoms with Gasteiger partial charge in [0.25, 0.3) is 5.91 Å². The third kappa shape index (κ3) is 3.26. The van der Waals surface area contributed by atoms with Gasteiger partial charge >= 0.3 is 6.09 Å².